The van der Waals surface area contributed by atoms with E-state index in [2.05, 4.69) is 30.4 Å². The van der Waals surface area contributed by atoms with Crippen LogP contribution in [0.15, 0.2) is 48.7 Å². The molecule has 0 spiro atoms. The minimum Gasteiger partial charge on any atom is -0.355 e. The van der Waals surface area contributed by atoms with E-state index in [0.717, 1.165) is 30.2 Å². The van der Waals surface area contributed by atoms with Gasteiger partial charge < -0.3 is 15.2 Å². The van der Waals surface area contributed by atoms with Crippen molar-refractivity contribution >= 4 is 11.7 Å². The highest BCUT2D eigenvalue weighted by Crippen LogP contribution is 2.17. The second-order valence-corrected chi connectivity index (χ2v) is 6.26. The summed E-state index contributed by atoms with van der Waals surface area (Å²) < 4.78 is 0. The molecule has 0 aliphatic carbocycles. The maximum Gasteiger partial charge on any atom is 0.272 e. The molecular weight excluding hydrogens is 328 g/mol. The number of imidazole rings is 1. The van der Waals surface area contributed by atoms with Crippen LogP contribution in [0.25, 0.3) is 11.3 Å². The predicted octanol–water partition coefficient (Wildman–Crippen LogP) is 2.40. The number of carbonyl (C=O) groups is 1. The van der Waals surface area contributed by atoms with Gasteiger partial charge in [0.15, 0.2) is 11.5 Å². The maximum atomic E-state index is 12.3. The summed E-state index contributed by atoms with van der Waals surface area (Å²) in [6.45, 7) is 2.31. The van der Waals surface area contributed by atoms with E-state index in [0.29, 0.717) is 18.1 Å². The van der Waals surface area contributed by atoms with Gasteiger partial charge in [-0.25, -0.2) is 4.98 Å². The quantitative estimate of drug-likeness (QED) is 0.739. The molecule has 0 radical (unpaired) electrons. The minimum absolute atomic E-state index is 0.261. The molecule has 132 valence electrons. The van der Waals surface area contributed by atoms with Crippen LogP contribution >= 0.6 is 0 Å². The van der Waals surface area contributed by atoms with Crippen LogP contribution in [-0.2, 0) is 6.54 Å². The van der Waals surface area contributed by atoms with Gasteiger partial charge in [-0.05, 0) is 30.5 Å². The van der Waals surface area contributed by atoms with Gasteiger partial charge in [-0.15, -0.1) is 10.2 Å². The first-order valence-corrected chi connectivity index (χ1v) is 8.76. The molecule has 1 aliphatic heterocycles. The summed E-state index contributed by atoms with van der Waals surface area (Å²) in [4.78, 5) is 22.0. The molecule has 1 amide bonds. The molecule has 1 aliphatic rings. The van der Waals surface area contributed by atoms with Gasteiger partial charge in [-0.3, -0.25) is 4.79 Å². The number of carbonyl (C=O) groups excluding carboxylic acids is 1. The Morgan fingerprint density at radius 2 is 1.88 bits per heavy atom. The molecule has 0 unspecified atom stereocenters. The number of amides is 1. The maximum absolute atomic E-state index is 12.3. The summed E-state index contributed by atoms with van der Waals surface area (Å²) in [5.74, 6) is 1.26. The van der Waals surface area contributed by atoms with E-state index < -0.39 is 0 Å². The van der Waals surface area contributed by atoms with Gasteiger partial charge in [-0.2, -0.15) is 0 Å². The Morgan fingerprint density at radius 1 is 1.08 bits per heavy atom. The highest BCUT2D eigenvalue weighted by atomic mass is 16.1. The average Bonchev–Trinajstić information content (AvgIpc) is 3.39. The number of anilines is 1. The molecule has 1 fully saturated rings. The molecule has 1 saturated heterocycles. The van der Waals surface area contributed by atoms with Crippen LogP contribution in [0.1, 0.15) is 29.2 Å². The lowest BCUT2D eigenvalue weighted by molar-refractivity contribution is 0.0944. The fourth-order valence-electron chi connectivity index (χ4n) is 3.03. The third kappa shape index (κ3) is 3.56. The van der Waals surface area contributed by atoms with Crippen molar-refractivity contribution < 1.29 is 4.79 Å². The van der Waals surface area contributed by atoms with E-state index in [4.69, 9.17) is 0 Å². The van der Waals surface area contributed by atoms with Crippen molar-refractivity contribution in [2.24, 2.45) is 0 Å². The number of benzene rings is 1. The zero-order valence-electron chi connectivity index (χ0n) is 14.4. The highest BCUT2D eigenvalue weighted by Gasteiger charge is 2.15. The number of hydrogen-bond donors (Lipinski definition) is 2. The summed E-state index contributed by atoms with van der Waals surface area (Å²) in [6.07, 6.45) is 4.12. The fourth-order valence-corrected chi connectivity index (χ4v) is 3.03. The average molecular weight is 348 g/mol. The summed E-state index contributed by atoms with van der Waals surface area (Å²) >= 11 is 0. The van der Waals surface area contributed by atoms with E-state index in [1.165, 1.54) is 12.8 Å². The molecule has 0 atom stereocenters. The van der Waals surface area contributed by atoms with Gasteiger partial charge >= 0.3 is 0 Å². The van der Waals surface area contributed by atoms with Gasteiger partial charge in [0, 0.05) is 13.1 Å². The largest absolute Gasteiger partial charge is 0.355 e. The minimum atomic E-state index is -0.261. The highest BCUT2D eigenvalue weighted by molar-refractivity contribution is 5.92. The number of hydrogen-bond acceptors (Lipinski definition) is 5. The first-order chi connectivity index (χ1) is 12.8. The van der Waals surface area contributed by atoms with Gasteiger partial charge in [0.1, 0.15) is 5.82 Å². The van der Waals surface area contributed by atoms with Crippen molar-refractivity contribution in [3.63, 3.8) is 0 Å². The monoisotopic (exact) mass is 348 g/mol. The van der Waals surface area contributed by atoms with Gasteiger partial charge in [0.05, 0.1) is 18.4 Å². The predicted molar refractivity (Wildman–Crippen MR) is 98.7 cm³/mol. The first-order valence-electron chi connectivity index (χ1n) is 8.76. The molecule has 7 heteroatoms. The van der Waals surface area contributed by atoms with Crippen molar-refractivity contribution in [2.45, 2.75) is 19.4 Å². The Labute approximate surface area is 151 Å². The van der Waals surface area contributed by atoms with Crippen molar-refractivity contribution in [1.29, 1.82) is 0 Å². The lowest BCUT2D eigenvalue weighted by Gasteiger charge is -2.15. The second kappa shape index (κ2) is 7.35. The molecule has 26 heavy (non-hydrogen) atoms. The van der Waals surface area contributed by atoms with E-state index in [1.807, 2.05) is 36.4 Å². The SMILES string of the molecule is O=C(NCc1ncc(-c2ccccc2)[nH]1)c1ccc(N2CCCC2)nn1. The Balaban J connectivity index is 1.36. The summed E-state index contributed by atoms with van der Waals surface area (Å²) in [6, 6.07) is 13.5. The molecular formula is C19H20N6O. The number of aromatic amines is 1. The van der Waals surface area contributed by atoms with Crippen LogP contribution in [0.3, 0.4) is 0 Å². The molecule has 0 bridgehead atoms. The molecule has 1 aromatic carbocycles. The van der Waals surface area contributed by atoms with Crippen LogP contribution < -0.4 is 10.2 Å². The third-order valence-corrected chi connectivity index (χ3v) is 4.44. The van der Waals surface area contributed by atoms with E-state index in [9.17, 15) is 4.79 Å². The number of rotatable bonds is 5. The molecule has 2 aromatic heterocycles. The number of nitrogens with zero attached hydrogens (tertiary/aromatic N) is 4. The molecule has 0 saturated carbocycles. The standard InChI is InChI=1S/C19H20N6O/c26-19(15-8-9-18(24-23-15)25-10-4-5-11-25)21-13-17-20-12-16(22-17)14-6-2-1-3-7-14/h1-3,6-9,12H,4-5,10-11,13H2,(H,20,22)(H,21,26). The molecule has 7 nitrogen and oxygen atoms in total. The lowest BCUT2D eigenvalue weighted by Crippen LogP contribution is -2.25. The molecule has 4 rings (SSSR count). The van der Waals surface area contributed by atoms with E-state index in [-0.39, 0.29) is 5.91 Å². The van der Waals surface area contributed by atoms with E-state index >= 15 is 0 Å². The Morgan fingerprint density at radius 3 is 2.62 bits per heavy atom. The third-order valence-electron chi connectivity index (χ3n) is 4.44. The summed E-state index contributed by atoms with van der Waals surface area (Å²) in [7, 11) is 0. The fraction of sp³-hybridized carbons (Fsp3) is 0.263. The van der Waals surface area contributed by atoms with Crippen LogP contribution in [-0.4, -0.2) is 39.2 Å². The van der Waals surface area contributed by atoms with Gasteiger partial charge in [-0.1, -0.05) is 30.3 Å². The van der Waals surface area contributed by atoms with Crippen molar-refractivity contribution in [3.05, 3.63) is 60.2 Å². The van der Waals surface area contributed by atoms with Crippen LogP contribution in [0.5, 0.6) is 0 Å². The Bertz CT molecular complexity index is 869. The summed E-state index contributed by atoms with van der Waals surface area (Å²) in [5.41, 5.74) is 2.29. The smallest absolute Gasteiger partial charge is 0.272 e. The number of H-pyrrole nitrogens is 1. The van der Waals surface area contributed by atoms with E-state index in [1.54, 1.807) is 12.3 Å². The number of aromatic nitrogens is 4. The zero-order chi connectivity index (χ0) is 17.8. The van der Waals surface area contributed by atoms with Crippen LogP contribution in [0.2, 0.25) is 0 Å². The van der Waals surface area contributed by atoms with Gasteiger partial charge in [0.25, 0.3) is 5.91 Å². The molecule has 2 N–H and O–H groups in total. The van der Waals surface area contributed by atoms with Crippen molar-refractivity contribution in [2.75, 3.05) is 18.0 Å². The normalized spacial score (nSPS) is 13.8. The Hall–Kier alpha value is -3.22. The van der Waals surface area contributed by atoms with Crippen molar-refractivity contribution in [3.8, 4) is 11.3 Å². The Kier molecular flexibility index (Phi) is 4.59. The zero-order valence-corrected chi connectivity index (χ0v) is 14.4. The molecule has 3 aromatic rings. The van der Waals surface area contributed by atoms with Crippen LogP contribution in [0, 0.1) is 0 Å². The molecule has 3 heterocycles. The summed E-state index contributed by atoms with van der Waals surface area (Å²) in [5, 5.41) is 11.0. The second-order valence-electron chi connectivity index (χ2n) is 6.26. The van der Waals surface area contributed by atoms with Crippen LogP contribution in [0.4, 0.5) is 5.82 Å². The van der Waals surface area contributed by atoms with Gasteiger partial charge in [0.2, 0.25) is 0 Å². The lowest BCUT2D eigenvalue weighted by atomic mass is 10.2. The topological polar surface area (TPSA) is 86.8 Å². The first kappa shape index (κ1) is 16.3. The number of nitrogens with one attached hydrogen (secondary N) is 2. The van der Waals surface area contributed by atoms with Crippen molar-refractivity contribution in [1.82, 2.24) is 25.5 Å².